The van der Waals surface area contributed by atoms with Gasteiger partial charge in [0.05, 0.1) is 11.4 Å². The maximum absolute atomic E-state index is 12.3. The van der Waals surface area contributed by atoms with Crippen LogP contribution in [0.5, 0.6) is 0 Å². The van der Waals surface area contributed by atoms with Crippen molar-refractivity contribution in [3.05, 3.63) is 23.8 Å². The van der Waals surface area contributed by atoms with Gasteiger partial charge in [-0.15, -0.1) is 0 Å². The van der Waals surface area contributed by atoms with Gasteiger partial charge >= 0.3 is 0 Å². The van der Waals surface area contributed by atoms with Gasteiger partial charge in [-0.2, -0.15) is 0 Å². The normalized spacial score (nSPS) is 11.3. The van der Waals surface area contributed by atoms with Crippen LogP contribution >= 0.6 is 0 Å². The number of carbonyl (C=O) groups excluding carboxylic acids is 4. The van der Waals surface area contributed by atoms with Gasteiger partial charge < -0.3 is 24.7 Å². The number of aryl methyl sites for hydroxylation is 1. The van der Waals surface area contributed by atoms with Crippen LogP contribution in [0, 0.1) is 0 Å². The third-order valence-corrected chi connectivity index (χ3v) is 4.15. The molecule has 1 unspecified atom stereocenters. The molecular formula is C19H27N3O4. The first-order chi connectivity index (χ1) is 12.5. The molecule has 1 aromatic rings. The standard InChI is InChI=1S/C19H27N3O4/c1-20-19(26)17(11-7-13-24)22(14-25)16-10-6-9-15(8-4-5-12-23)18(16)21(2)3/h6,9-10,12-14,17H,4-5,7-8,11H2,1-3H3,(H,20,26). The molecule has 0 aliphatic rings. The van der Waals surface area contributed by atoms with Crippen molar-refractivity contribution < 1.29 is 19.2 Å². The molecule has 142 valence electrons. The summed E-state index contributed by atoms with van der Waals surface area (Å²) >= 11 is 0. The molecule has 1 aromatic carbocycles. The second-order valence-electron chi connectivity index (χ2n) is 6.12. The van der Waals surface area contributed by atoms with Crippen LogP contribution in [0.25, 0.3) is 0 Å². The zero-order valence-corrected chi connectivity index (χ0v) is 15.6. The predicted molar refractivity (Wildman–Crippen MR) is 101 cm³/mol. The maximum atomic E-state index is 12.3. The summed E-state index contributed by atoms with van der Waals surface area (Å²) < 4.78 is 0. The van der Waals surface area contributed by atoms with Crippen LogP contribution in [-0.4, -0.2) is 52.1 Å². The molecule has 0 bridgehead atoms. The highest BCUT2D eigenvalue weighted by Gasteiger charge is 2.27. The van der Waals surface area contributed by atoms with Crippen LogP contribution in [0.2, 0.25) is 0 Å². The van der Waals surface area contributed by atoms with Gasteiger partial charge in [0, 0.05) is 34.0 Å². The van der Waals surface area contributed by atoms with Crippen molar-refractivity contribution in [1.29, 1.82) is 0 Å². The lowest BCUT2D eigenvalue weighted by molar-refractivity contribution is -0.123. The van der Waals surface area contributed by atoms with Crippen LogP contribution in [0.1, 0.15) is 31.2 Å². The summed E-state index contributed by atoms with van der Waals surface area (Å²) in [5.74, 6) is -0.324. The number of nitrogens with zero attached hydrogens (tertiary/aromatic N) is 2. The van der Waals surface area contributed by atoms with Crippen molar-refractivity contribution >= 4 is 36.3 Å². The van der Waals surface area contributed by atoms with E-state index in [1.807, 2.05) is 31.1 Å². The summed E-state index contributed by atoms with van der Waals surface area (Å²) in [6.07, 6.45) is 4.53. The molecule has 7 heteroatoms. The number of nitrogens with one attached hydrogen (secondary N) is 1. The van der Waals surface area contributed by atoms with Gasteiger partial charge in [0.25, 0.3) is 0 Å². The number of unbranched alkanes of at least 4 members (excludes halogenated alkanes) is 1. The van der Waals surface area contributed by atoms with Gasteiger partial charge in [-0.25, -0.2) is 0 Å². The van der Waals surface area contributed by atoms with Crippen LogP contribution < -0.4 is 15.1 Å². The molecule has 1 atom stereocenters. The van der Waals surface area contributed by atoms with Crippen LogP contribution in [-0.2, 0) is 25.6 Å². The summed E-state index contributed by atoms with van der Waals surface area (Å²) in [5.41, 5.74) is 2.42. The molecule has 0 aliphatic carbocycles. The van der Waals surface area contributed by atoms with E-state index in [0.717, 1.165) is 23.8 Å². The predicted octanol–water partition coefficient (Wildman–Crippen LogP) is 1.33. The molecule has 2 amide bonds. The van der Waals surface area contributed by atoms with E-state index in [2.05, 4.69) is 5.32 Å². The zero-order valence-electron chi connectivity index (χ0n) is 15.6. The monoisotopic (exact) mass is 361 g/mol. The Morgan fingerprint density at radius 2 is 1.85 bits per heavy atom. The van der Waals surface area contributed by atoms with Crippen molar-refractivity contribution in [3.63, 3.8) is 0 Å². The van der Waals surface area contributed by atoms with Crippen molar-refractivity contribution in [1.82, 2.24) is 5.32 Å². The second-order valence-corrected chi connectivity index (χ2v) is 6.12. The van der Waals surface area contributed by atoms with E-state index in [-0.39, 0.29) is 18.7 Å². The Bertz CT molecular complexity index is 631. The lowest BCUT2D eigenvalue weighted by Crippen LogP contribution is -2.46. The average Bonchev–Trinajstić information content (AvgIpc) is 2.64. The zero-order chi connectivity index (χ0) is 19.5. The minimum atomic E-state index is -0.772. The highest BCUT2D eigenvalue weighted by atomic mass is 16.2. The van der Waals surface area contributed by atoms with E-state index in [0.29, 0.717) is 31.4 Å². The van der Waals surface area contributed by atoms with E-state index in [4.69, 9.17) is 0 Å². The minimum Gasteiger partial charge on any atom is -0.376 e. The lowest BCUT2D eigenvalue weighted by Gasteiger charge is -2.31. The van der Waals surface area contributed by atoms with Crippen molar-refractivity contribution in [2.45, 2.75) is 38.1 Å². The molecule has 0 aliphatic heterocycles. The molecule has 0 saturated heterocycles. The topological polar surface area (TPSA) is 86.8 Å². The Morgan fingerprint density at radius 1 is 1.15 bits per heavy atom. The van der Waals surface area contributed by atoms with E-state index in [9.17, 15) is 19.2 Å². The summed E-state index contributed by atoms with van der Waals surface area (Å²) in [6.45, 7) is 0. The molecule has 0 fully saturated rings. The third kappa shape index (κ3) is 5.40. The second kappa shape index (κ2) is 11.0. The van der Waals surface area contributed by atoms with E-state index < -0.39 is 6.04 Å². The highest BCUT2D eigenvalue weighted by Crippen LogP contribution is 2.34. The number of aldehydes is 2. The number of likely N-dealkylation sites (N-methyl/N-ethyl adjacent to an activating group) is 1. The molecule has 1 N–H and O–H groups in total. The number of rotatable bonds is 12. The van der Waals surface area contributed by atoms with E-state index in [1.165, 1.54) is 11.9 Å². The lowest BCUT2D eigenvalue weighted by atomic mass is 10.0. The Labute approximate surface area is 154 Å². The summed E-state index contributed by atoms with van der Waals surface area (Å²) in [4.78, 5) is 48.8. The number of amides is 2. The first-order valence-corrected chi connectivity index (χ1v) is 8.63. The SMILES string of the molecule is CNC(=O)C(CCC=O)N(C=O)c1cccc(CCCC=O)c1N(C)C. The summed E-state index contributed by atoms with van der Waals surface area (Å²) in [7, 11) is 5.23. The number of benzene rings is 1. The quantitative estimate of drug-likeness (QED) is 0.448. The molecule has 0 spiro atoms. The first kappa shape index (κ1) is 21.3. The number of para-hydroxylation sites is 1. The van der Waals surface area contributed by atoms with Crippen LogP contribution in [0.15, 0.2) is 18.2 Å². The molecule has 26 heavy (non-hydrogen) atoms. The average molecular weight is 361 g/mol. The summed E-state index contributed by atoms with van der Waals surface area (Å²) in [5, 5.41) is 2.56. The van der Waals surface area contributed by atoms with Crippen LogP contribution in [0.4, 0.5) is 11.4 Å². The molecule has 1 rings (SSSR count). The Kier molecular flexibility index (Phi) is 9.05. The number of hydrogen-bond acceptors (Lipinski definition) is 5. The smallest absolute Gasteiger partial charge is 0.242 e. The molecule has 0 saturated carbocycles. The fourth-order valence-corrected chi connectivity index (χ4v) is 2.97. The van der Waals surface area contributed by atoms with Gasteiger partial charge in [-0.05, 0) is 30.9 Å². The third-order valence-electron chi connectivity index (χ3n) is 4.15. The summed E-state index contributed by atoms with van der Waals surface area (Å²) in [6, 6.07) is 4.79. The van der Waals surface area contributed by atoms with Gasteiger partial charge in [-0.1, -0.05) is 12.1 Å². The highest BCUT2D eigenvalue weighted by molar-refractivity contribution is 5.95. The molecule has 0 radical (unpaired) electrons. The fraction of sp³-hybridized carbons (Fsp3) is 0.474. The van der Waals surface area contributed by atoms with Gasteiger partial charge in [0.1, 0.15) is 18.6 Å². The van der Waals surface area contributed by atoms with E-state index >= 15 is 0 Å². The number of carbonyl (C=O) groups is 4. The number of anilines is 2. The fourth-order valence-electron chi connectivity index (χ4n) is 2.97. The Balaban J connectivity index is 3.35. The molecule has 0 aromatic heterocycles. The Morgan fingerprint density at radius 3 is 2.38 bits per heavy atom. The van der Waals surface area contributed by atoms with Crippen molar-refractivity contribution in [3.8, 4) is 0 Å². The number of hydrogen-bond donors (Lipinski definition) is 1. The maximum Gasteiger partial charge on any atom is 0.242 e. The van der Waals surface area contributed by atoms with E-state index in [1.54, 1.807) is 6.07 Å². The van der Waals surface area contributed by atoms with Gasteiger partial charge in [0.2, 0.25) is 12.3 Å². The van der Waals surface area contributed by atoms with Crippen molar-refractivity contribution in [2.75, 3.05) is 30.9 Å². The molecular weight excluding hydrogens is 334 g/mol. The molecule has 7 nitrogen and oxygen atoms in total. The van der Waals surface area contributed by atoms with Gasteiger partial charge in [0.15, 0.2) is 0 Å². The Hall–Kier alpha value is -2.70. The minimum absolute atomic E-state index is 0.179. The van der Waals surface area contributed by atoms with Gasteiger partial charge in [-0.3, -0.25) is 9.59 Å². The first-order valence-electron chi connectivity index (χ1n) is 8.63. The molecule has 0 heterocycles. The van der Waals surface area contributed by atoms with Crippen molar-refractivity contribution in [2.24, 2.45) is 0 Å². The largest absolute Gasteiger partial charge is 0.376 e. The van der Waals surface area contributed by atoms with Crippen LogP contribution in [0.3, 0.4) is 0 Å².